The highest BCUT2D eigenvalue weighted by molar-refractivity contribution is 5.69. The average Bonchev–Trinajstić information content (AvgIpc) is 3.12. The van der Waals surface area contributed by atoms with Gasteiger partial charge in [-0.1, -0.05) is 12.8 Å². The van der Waals surface area contributed by atoms with Gasteiger partial charge in [0.15, 0.2) is 0 Å². The summed E-state index contributed by atoms with van der Waals surface area (Å²) in [4.78, 5) is 13.6. The van der Waals surface area contributed by atoms with Crippen LogP contribution in [0.3, 0.4) is 0 Å². The Morgan fingerprint density at radius 3 is 2.67 bits per heavy atom. The topological polar surface area (TPSA) is 48.0 Å². The number of ether oxygens (including phenoxy) is 3. The third-order valence-electron chi connectivity index (χ3n) is 4.79. The summed E-state index contributed by atoms with van der Waals surface area (Å²) in [5.74, 6) is -0.156. The van der Waals surface area contributed by atoms with Crippen molar-refractivity contribution in [2.45, 2.75) is 56.7 Å². The molecule has 1 spiro atoms. The van der Waals surface area contributed by atoms with E-state index in [4.69, 9.17) is 14.2 Å². The molecule has 1 heterocycles. The van der Waals surface area contributed by atoms with Crippen molar-refractivity contribution in [1.29, 1.82) is 0 Å². The van der Waals surface area contributed by atoms with Crippen LogP contribution in [0.4, 0.5) is 0 Å². The van der Waals surface area contributed by atoms with Crippen molar-refractivity contribution in [2.24, 2.45) is 0 Å². The molecule has 0 bridgehead atoms. The first-order chi connectivity index (χ1) is 10.2. The van der Waals surface area contributed by atoms with Gasteiger partial charge < -0.3 is 14.2 Å². The van der Waals surface area contributed by atoms with E-state index < -0.39 is 0 Å². The molecule has 2 fully saturated rings. The second-order valence-electron chi connectivity index (χ2n) is 6.29. The number of hydrogen-bond donors (Lipinski definition) is 0. The van der Waals surface area contributed by atoms with Gasteiger partial charge in [0, 0.05) is 26.7 Å². The summed E-state index contributed by atoms with van der Waals surface area (Å²) in [6.45, 7) is 3.12. The lowest BCUT2D eigenvalue weighted by Crippen LogP contribution is -2.37. The Balaban J connectivity index is 1.79. The van der Waals surface area contributed by atoms with Gasteiger partial charge in [0.1, 0.15) is 0 Å². The molecular weight excluding hydrogens is 270 g/mol. The minimum atomic E-state index is -0.156. The van der Waals surface area contributed by atoms with Gasteiger partial charge in [-0.15, -0.1) is 0 Å². The lowest BCUT2D eigenvalue weighted by atomic mass is 9.98. The van der Waals surface area contributed by atoms with Gasteiger partial charge in [-0.25, -0.2) is 0 Å². The summed E-state index contributed by atoms with van der Waals surface area (Å²) in [5.41, 5.74) is 0.180. The molecule has 2 rings (SSSR count). The quantitative estimate of drug-likeness (QED) is 0.642. The molecule has 0 aromatic rings. The maximum absolute atomic E-state index is 11.3. The first kappa shape index (κ1) is 16.7. The summed E-state index contributed by atoms with van der Waals surface area (Å²) in [5, 5.41) is 0. The van der Waals surface area contributed by atoms with Gasteiger partial charge in [0.25, 0.3) is 0 Å². The van der Waals surface area contributed by atoms with Crippen LogP contribution in [-0.2, 0) is 19.0 Å². The van der Waals surface area contributed by atoms with E-state index in [1.807, 2.05) is 0 Å². The summed E-state index contributed by atoms with van der Waals surface area (Å²) in [6, 6.07) is 0. The molecule has 21 heavy (non-hydrogen) atoms. The molecule has 0 aromatic heterocycles. The molecule has 122 valence electrons. The molecule has 0 amide bonds. The number of carbonyl (C=O) groups is 1. The maximum Gasteiger partial charge on any atom is 0.306 e. The molecule has 1 unspecified atom stereocenters. The average molecular weight is 299 g/mol. The molecule has 1 saturated heterocycles. The standard InChI is InChI=1S/C16H29NO4/c1-19-12-11-17(10-6-15(18)20-2)13-14-5-9-16(21-14)7-3-4-8-16/h14H,3-13H2,1-2H3. The molecule has 5 heteroatoms. The lowest BCUT2D eigenvalue weighted by Gasteiger charge is -2.28. The second kappa shape index (κ2) is 8.11. The van der Waals surface area contributed by atoms with Gasteiger partial charge in [0.2, 0.25) is 0 Å². The van der Waals surface area contributed by atoms with E-state index in [0.29, 0.717) is 25.7 Å². The van der Waals surface area contributed by atoms with Crippen LogP contribution >= 0.6 is 0 Å². The molecule has 5 nitrogen and oxygen atoms in total. The van der Waals surface area contributed by atoms with Crippen molar-refractivity contribution >= 4 is 5.97 Å². The SMILES string of the molecule is COCCN(CCC(=O)OC)CC1CCC2(CCCC2)O1. The number of methoxy groups -OCH3 is 2. The van der Waals surface area contributed by atoms with Crippen molar-refractivity contribution in [3.8, 4) is 0 Å². The zero-order valence-corrected chi connectivity index (χ0v) is 13.4. The largest absolute Gasteiger partial charge is 0.469 e. The molecule has 0 aromatic carbocycles. The van der Waals surface area contributed by atoms with Crippen molar-refractivity contribution < 1.29 is 19.0 Å². The zero-order valence-electron chi connectivity index (χ0n) is 13.4. The van der Waals surface area contributed by atoms with E-state index in [9.17, 15) is 4.79 Å². The van der Waals surface area contributed by atoms with Crippen LogP contribution in [0, 0.1) is 0 Å². The van der Waals surface area contributed by atoms with Gasteiger partial charge in [-0.2, -0.15) is 0 Å². The van der Waals surface area contributed by atoms with Crippen molar-refractivity contribution in [3.63, 3.8) is 0 Å². The third kappa shape index (κ3) is 4.94. The maximum atomic E-state index is 11.3. The molecular formula is C16H29NO4. The first-order valence-electron chi connectivity index (χ1n) is 8.13. The fraction of sp³-hybridized carbons (Fsp3) is 0.938. The molecule has 1 aliphatic heterocycles. The lowest BCUT2D eigenvalue weighted by molar-refractivity contribution is -0.141. The summed E-state index contributed by atoms with van der Waals surface area (Å²) >= 11 is 0. The number of esters is 1. The van der Waals surface area contributed by atoms with Gasteiger partial charge in [-0.05, 0) is 25.7 Å². The highest BCUT2D eigenvalue weighted by Gasteiger charge is 2.42. The van der Waals surface area contributed by atoms with Crippen LogP contribution in [0.5, 0.6) is 0 Å². The van der Waals surface area contributed by atoms with Crippen molar-refractivity contribution in [2.75, 3.05) is 40.5 Å². The molecule has 1 saturated carbocycles. The molecule has 1 aliphatic carbocycles. The van der Waals surface area contributed by atoms with E-state index in [-0.39, 0.29) is 11.6 Å². The zero-order chi connectivity index (χ0) is 15.1. The fourth-order valence-corrected chi connectivity index (χ4v) is 3.57. The summed E-state index contributed by atoms with van der Waals surface area (Å²) < 4.78 is 16.2. The van der Waals surface area contributed by atoms with Gasteiger partial charge in [-0.3, -0.25) is 9.69 Å². The molecule has 0 radical (unpaired) electrons. The minimum absolute atomic E-state index is 0.156. The van der Waals surface area contributed by atoms with Crippen LogP contribution in [0.15, 0.2) is 0 Å². The smallest absolute Gasteiger partial charge is 0.306 e. The van der Waals surface area contributed by atoms with Crippen LogP contribution < -0.4 is 0 Å². The predicted molar refractivity (Wildman–Crippen MR) is 80.3 cm³/mol. The number of carbonyl (C=O) groups excluding carboxylic acids is 1. The predicted octanol–water partition coefficient (Wildman–Crippen LogP) is 1.99. The third-order valence-corrected chi connectivity index (χ3v) is 4.79. The monoisotopic (exact) mass is 299 g/mol. The van der Waals surface area contributed by atoms with E-state index in [0.717, 1.165) is 19.5 Å². The van der Waals surface area contributed by atoms with E-state index in [1.165, 1.54) is 39.2 Å². The van der Waals surface area contributed by atoms with Gasteiger partial charge in [0.05, 0.1) is 31.8 Å². The summed E-state index contributed by atoms with van der Waals surface area (Å²) in [6.07, 6.45) is 8.14. The Bertz CT molecular complexity index is 328. The normalized spacial score (nSPS) is 24.0. The van der Waals surface area contributed by atoms with Crippen LogP contribution in [-0.4, -0.2) is 63.0 Å². The summed E-state index contributed by atoms with van der Waals surface area (Å²) in [7, 11) is 3.14. The number of nitrogens with zero attached hydrogens (tertiary/aromatic N) is 1. The van der Waals surface area contributed by atoms with Crippen LogP contribution in [0.25, 0.3) is 0 Å². The molecule has 2 aliphatic rings. The van der Waals surface area contributed by atoms with Crippen LogP contribution in [0.1, 0.15) is 44.9 Å². The Hall–Kier alpha value is -0.650. The van der Waals surface area contributed by atoms with Gasteiger partial charge >= 0.3 is 5.97 Å². The van der Waals surface area contributed by atoms with E-state index in [1.54, 1.807) is 7.11 Å². The first-order valence-corrected chi connectivity index (χ1v) is 8.13. The minimum Gasteiger partial charge on any atom is -0.469 e. The van der Waals surface area contributed by atoms with E-state index in [2.05, 4.69) is 4.90 Å². The molecule has 1 atom stereocenters. The Morgan fingerprint density at radius 1 is 1.24 bits per heavy atom. The van der Waals surface area contributed by atoms with Crippen molar-refractivity contribution in [1.82, 2.24) is 4.90 Å². The Morgan fingerprint density at radius 2 is 2.00 bits per heavy atom. The Labute approximate surface area is 127 Å². The second-order valence-corrected chi connectivity index (χ2v) is 6.29. The molecule has 0 N–H and O–H groups in total. The van der Waals surface area contributed by atoms with Crippen LogP contribution in [0.2, 0.25) is 0 Å². The van der Waals surface area contributed by atoms with E-state index >= 15 is 0 Å². The number of hydrogen-bond acceptors (Lipinski definition) is 5. The number of rotatable bonds is 8. The highest BCUT2D eigenvalue weighted by atomic mass is 16.5. The highest BCUT2D eigenvalue weighted by Crippen LogP contribution is 2.43. The fourth-order valence-electron chi connectivity index (χ4n) is 3.57. The Kier molecular flexibility index (Phi) is 6.45. The van der Waals surface area contributed by atoms with Crippen molar-refractivity contribution in [3.05, 3.63) is 0 Å².